The van der Waals surface area contributed by atoms with Crippen molar-refractivity contribution in [2.45, 2.75) is 38.1 Å². The minimum atomic E-state index is -1.37. The molecule has 0 bridgehead atoms. The number of anilines is 2. The number of carbonyl (C=O) groups is 3. The highest BCUT2D eigenvalue weighted by Crippen LogP contribution is 2.48. The number of para-hydroxylation sites is 1. The lowest BCUT2D eigenvalue weighted by Gasteiger charge is -2.51. The Hall–Kier alpha value is -3.55. The van der Waals surface area contributed by atoms with Crippen molar-refractivity contribution in [1.82, 2.24) is 5.32 Å². The Bertz CT molecular complexity index is 1150. The number of ether oxygens (including phenoxy) is 2. The number of hydrogen-bond donors (Lipinski definition) is 1. The zero-order valence-electron chi connectivity index (χ0n) is 17.5. The first kappa shape index (κ1) is 19.2. The predicted molar refractivity (Wildman–Crippen MR) is 116 cm³/mol. The lowest BCUT2D eigenvalue weighted by atomic mass is 9.67. The minimum absolute atomic E-state index is 0.0924. The van der Waals surface area contributed by atoms with Crippen molar-refractivity contribution in [2.24, 2.45) is 5.41 Å². The molecule has 32 heavy (non-hydrogen) atoms. The van der Waals surface area contributed by atoms with Gasteiger partial charge in [-0.2, -0.15) is 0 Å². The van der Waals surface area contributed by atoms with Gasteiger partial charge in [0, 0.05) is 18.3 Å². The number of hydrogen-bond acceptors (Lipinski definition) is 6. The maximum Gasteiger partial charge on any atom is 0.335 e. The van der Waals surface area contributed by atoms with Crippen molar-refractivity contribution < 1.29 is 23.9 Å². The molecule has 2 aromatic rings. The largest absolute Gasteiger partial charge is 0.454 e. The molecular formula is C24H23N3O5. The smallest absolute Gasteiger partial charge is 0.335 e. The van der Waals surface area contributed by atoms with Crippen LogP contribution in [-0.4, -0.2) is 37.2 Å². The van der Waals surface area contributed by atoms with Gasteiger partial charge in [0.1, 0.15) is 0 Å². The summed E-state index contributed by atoms with van der Waals surface area (Å²) in [4.78, 5) is 43.8. The number of amides is 4. The topological polar surface area (TPSA) is 88.2 Å². The molecule has 8 nitrogen and oxygen atoms in total. The monoisotopic (exact) mass is 433 g/mol. The summed E-state index contributed by atoms with van der Waals surface area (Å²) in [5.41, 5.74) is 1.03. The molecular weight excluding hydrogens is 410 g/mol. The second-order valence-corrected chi connectivity index (χ2v) is 8.77. The molecule has 0 radical (unpaired) electrons. The molecule has 2 atom stereocenters. The van der Waals surface area contributed by atoms with Crippen LogP contribution in [0.1, 0.15) is 31.2 Å². The fourth-order valence-electron chi connectivity index (χ4n) is 5.63. The molecule has 0 saturated carbocycles. The van der Waals surface area contributed by atoms with Gasteiger partial charge in [0.25, 0.3) is 5.91 Å². The van der Waals surface area contributed by atoms with E-state index in [2.05, 4.69) is 16.3 Å². The van der Waals surface area contributed by atoms with Crippen molar-refractivity contribution >= 4 is 29.2 Å². The molecule has 0 aromatic heterocycles. The van der Waals surface area contributed by atoms with Gasteiger partial charge < -0.3 is 14.4 Å². The number of barbiturate groups is 1. The molecule has 4 amide bonds. The fraction of sp³-hybridized carbons (Fsp3) is 0.375. The summed E-state index contributed by atoms with van der Waals surface area (Å²) >= 11 is 0. The SMILES string of the molecule is O=C1NC(=O)C2(Cc3ccccc3N3CCCCCC32)C(=O)N1c1ccc2c(c1)OCO2. The molecule has 1 spiro atoms. The van der Waals surface area contributed by atoms with Gasteiger partial charge in [0.15, 0.2) is 16.9 Å². The molecule has 4 aliphatic heterocycles. The highest BCUT2D eigenvalue weighted by molar-refractivity contribution is 6.30. The molecule has 2 saturated heterocycles. The highest BCUT2D eigenvalue weighted by atomic mass is 16.7. The molecule has 4 aliphatic rings. The van der Waals surface area contributed by atoms with Gasteiger partial charge in [-0.05, 0) is 43.0 Å². The number of rotatable bonds is 1. The zero-order valence-corrected chi connectivity index (χ0v) is 17.5. The number of nitrogens with zero attached hydrogens (tertiary/aromatic N) is 2. The third kappa shape index (κ3) is 2.58. The first-order chi connectivity index (χ1) is 15.6. The van der Waals surface area contributed by atoms with Crippen LogP contribution in [0.2, 0.25) is 0 Å². The van der Waals surface area contributed by atoms with E-state index in [1.54, 1.807) is 18.2 Å². The molecule has 6 rings (SSSR count). The second-order valence-electron chi connectivity index (χ2n) is 8.77. The van der Waals surface area contributed by atoms with E-state index < -0.39 is 23.3 Å². The Labute approximate surface area is 185 Å². The van der Waals surface area contributed by atoms with E-state index in [1.807, 2.05) is 18.2 Å². The van der Waals surface area contributed by atoms with Crippen molar-refractivity contribution in [3.05, 3.63) is 48.0 Å². The lowest BCUT2D eigenvalue weighted by Crippen LogP contribution is -2.72. The fourth-order valence-corrected chi connectivity index (χ4v) is 5.63. The Balaban J connectivity index is 1.49. The molecule has 8 heteroatoms. The van der Waals surface area contributed by atoms with Gasteiger partial charge in [-0.15, -0.1) is 0 Å². The Morgan fingerprint density at radius 2 is 1.81 bits per heavy atom. The molecule has 2 fully saturated rings. The van der Waals surface area contributed by atoms with Crippen LogP contribution < -0.4 is 24.6 Å². The summed E-state index contributed by atoms with van der Waals surface area (Å²) in [6.45, 7) is 0.872. The number of urea groups is 1. The molecule has 164 valence electrons. The summed E-state index contributed by atoms with van der Waals surface area (Å²) in [5.74, 6) is 0.0532. The average Bonchev–Trinajstić information content (AvgIpc) is 3.12. The summed E-state index contributed by atoms with van der Waals surface area (Å²) < 4.78 is 10.8. The van der Waals surface area contributed by atoms with Gasteiger partial charge >= 0.3 is 6.03 Å². The van der Waals surface area contributed by atoms with Crippen LogP contribution in [-0.2, 0) is 16.0 Å². The maximum atomic E-state index is 14.1. The number of benzene rings is 2. The van der Waals surface area contributed by atoms with Crippen LogP contribution in [0.15, 0.2) is 42.5 Å². The molecule has 1 N–H and O–H groups in total. The summed E-state index contributed by atoms with van der Waals surface area (Å²) in [5, 5.41) is 2.50. The van der Waals surface area contributed by atoms with E-state index in [1.165, 1.54) is 0 Å². The quantitative estimate of drug-likeness (QED) is 0.696. The normalized spacial score (nSPS) is 26.5. The number of carbonyl (C=O) groups excluding carboxylic acids is 3. The van der Waals surface area contributed by atoms with Crippen LogP contribution in [0.3, 0.4) is 0 Å². The van der Waals surface area contributed by atoms with E-state index in [-0.39, 0.29) is 19.3 Å². The molecule has 4 heterocycles. The van der Waals surface area contributed by atoms with E-state index in [9.17, 15) is 14.4 Å². The predicted octanol–water partition coefficient (Wildman–Crippen LogP) is 2.99. The van der Waals surface area contributed by atoms with E-state index in [0.29, 0.717) is 17.2 Å². The average molecular weight is 433 g/mol. The van der Waals surface area contributed by atoms with Gasteiger partial charge in [-0.1, -0.05) is 31.0 Å². The van der Waals surface area contributed by atoms with Gasteiger partial charge in [-0.25, -0.2) is 9.69 Å². The lowest BCUT2D eigenvalue weighted by molar-refractivity contribution is -0.144. The van der Waals surface area contributed by atoms with Gasteiger partial charge in [0.05, 0.1) is 11.7 Å². The second kappa shape index (κ2) is 6.98. The van der Waals surface area contributed by atoms with Gasteiger partial charge in [0.2, 0.25) is 12.7 Å². The number of nitrogens with one attached hydrogen (secondary N) is 1. The molecule has 2 aromatic carbocycles. The van der Waals surface area contributed by atoms with Crippen molar-refractivity contribution in [3.8, 4) is 11.5 Å². The molecule has 0 aliphatic carbocycles. The highest BCUT2D eigenvalue weighted by Gasteiger charge is 2.62. The summed E-state index contributed by atoms with van der Waals surface area (Å²) in [6, 6.07) is 11.9. The Morgan fingerprint density at radius 3 is 2.72 bits per heavy atom. The van der Waals surface area contributed by atoms with E-state index in [0.717, 1.165) is 48.4 Å². The molecule has 2 unspecified atom stereocenters. The third-order valence-corrected chi connectivity index (χ3v) is 7.12. The van der Waals surface area contributed by atoms with Crippen LogP contribution in [0.4, 0.5) is 16.2 Å². The van der Waals surface area contributed by atoms with Crippen LogP contribution in [0.5, 0.6) is 11.5 Å². The standard InChI is InChI=1S/C24H23N3O5/c28-21-24(13-15-6-3-4-7-17(15)26-11-5-1-2-8-20(24)26)22(29)27(23(30)25-21)16-9-10-18-19(12-16)32-14-31-18/h3-4,6-7,9-10,12,20H,1-2,5,8,11,13-14H2,(H,25,28,30). The minimum Gasteiger partial charge on any atom is -0.454 e. The summed E-state index contributed by atoms with van der Waals surface area (Å²) in [6.07, 6.45) is 3.97. The van der Waals surface area contributed by atoms with E-state index >= 15 is 0 Å². The van der Waals surface area contributed by atoms with Crippen molar-refractivity contribution in [2.75, 3.05) is 23.1 Å². The van der Waals surface area contributed by atoms with Crippen molar-refractivity contribution in [3.63, 3.8) is 0 Å². The first-order valence-corrected chi connectivity index (χ1v) is 11.0. The van der Waals surface area contributed by atoms with Gasteiger partial charge in [-0.3, -0.25) is 14.9 Å². The van der Waals surface area contributed by atoms with Crippen LogP contribution in [0, 0.1) is 5.41 Å². The van der Waals surface area contributed by atoms with Crippen molar-refractivity contribution in [1.29, 1.82) is 0 Å². The van der Waals surface area contributed by atoms with E-state index in [4.69, 9.17) is 9.47 Å². The number of fused-ring (bicyclic) bond motifs is 5. The van der Waals surface area contributed by atoms with Crippen LogP contribution in [0.25, 0.3) is 0 Å². The number of imide groups is 2. The summed E-state index contributed by atoms with van der Waals surface area (Å²) in [7, 11) is 0. The Morgan fingerprint density at radius 1 is 0.969 bits per heavy atom. The van der Waals surface area contributed by atoms with Crippen LogP contribution >= 0.6 is 0 Å². The zero-order chi connectivity index (χ0) is 21.9. The third-order valence-electron chi connectivity index (χ3n) is 7.12. The first-order valence-electron chi connectivity index (χ1n) is 11.0. The Kier molecular flexibility index (Phi) is 4.18. The maximum absolute atomic E-state index is 14.1.